The Kier molecular flexibility index (Phi) is 5.57. The van der Waals surface area contributed by atoms with Gasteiger partial charge in [-0.25, -0.2) is 0 Å². The number of hydrogen-bond acceptors (Lipinski definition) is 4. The molecular formula is C24H24N2O2. The third kappa shape index (κ3) is 4.71. The number of nitrogens with zero attached hydrogens (tertiary/aromatic N) is 1. The van der Waals surface area contributed by atoms with Crippen LogP contribution in [0.3, 0.4) is 0 Å². The number of aliphatic imine (C=N–C) groups is 1. The molecule has 3 aromatic carbocycles. The summed E-state index contributed by atoms with van der Waals surface area (Å²) in [5.74, 6) is 2.43. The molecule has 0 saturated carbocycles. The molecule has 0 radical (unpaired) electrons. The van der Waals surface area contributed by atoms with Gasteiger partial charge in [-0.1, -0.05) is 60.7 Å². The van der Waals surface area contributed by atoms with Gasteiger partial charge >= 0.3 is 0 Å². The fourth-order valence-corrected chi connectivity index (χ4v) is 3.08. The van der Waals surface area contributed by atoms with E-state index in [9.17, 15) is 0 Å². The smallest absolute Gasteiger partial charge is 0.128 e. The topological polar surface area (TPSA) is 42.9 Å². The van der Waals surface area contributed by atoms with Gasteiger partial charge in [0.05, 0.1) is 6.54 Å². The summed E-state index contributed by atoms with van der Waals surface area (Å²) in [5, 5.41) is 3.41. The average Bonchev–Trinajstić information content (AvgIpc) is 3.19. The van der Waals surface area contributed by atoms with Crippen LogP contribution in [0.5, 0.6) is 11.5 Å². The number of rotatable bonds is 7. The maximum absolute atomic E-state index is 6.05. The van der Waals surface area contributed by atoms with Gasteiger partial charge in [0, 0.05) is 17.7 Å². The highest BCUT2D eigenvalue weighted by Gasteiger charge is 2.16. The largest absolute Gasteiger partial charge is 0.489 e. The third-order valence-electron chi connectivity index (χ3n) is 4.56. The summed E-state index contributed by atoms with van der Waals surface area (Å²) in [6, 6.07) is 26.6. The van der Waals surface area contributed by atoms with E-state index in [1.807, 2.05) is 54.6 Å². The fraction of sp³-hybridized carbons (Fsp3) is 0.208. The number of hydrogen-bond donors (Lipinski definition) is 1. The van der Waals surface area contributed by atoms with E-state index in [-0.39, 0.29) is 0 Å². The zero-order valence-electron chi connectivity index (χ0n) is 16.0. The Labute approximate surface area is 165 Å². The summed E-state index contributed by atoms with van der Waals surface area (Å²) >= 11 is 0. The van der Waals surface area contributed by atoms with Crippen LogP contribution >= 0.6 is 0 Å². The van der Waals surface area contributed by atoms with Crippen LogP contribution < -0.4 is 14.8 Å². The molecule has 3 aromatic rings. The molecule has 1 heterocycles. The molecule has 1 aliphatic heterocycles. The summed E-state index contributed by atoms with van der Waals surface area (Å²) in [5.41, 5.74) is 3.24. The zero-order valence-corrected chi connectivity index (χ0v) is 16.0. The van der Waals surface area contributed by atoms with Crippen LogP contribution in [0.15, 0.2) is 83.9 Å². The second-order valence-electron chi connectivity index (χ2n) is 6.98. The molecule has 0 aliphatic carbocycles. The van der Waals surface area contributed by atoms with Crippen molar-refractivity contribution in [1.82, 2.24) is 5.32 Å². The van der Waals surface area contributed by atoms with Gasteiger partial charge in [-0.05, 0) is 30.2 Å². The summed E-state index contributed by atoms with van der Waals surface area (Å²) in [4.78, 5) is 4.60. The molecule has 0 aromatic heterocycles. The highest BCUT2D eigenvalue weighted by molar-refractivity contribution is 6.00. The van der Waals surface area contributed by atoms with Crippen molar-refractivity contribution in [2.24, 2.45) is 4.99 Å². The maximum atomic E-state index is 6.05. The van der Waals surface area contributed by atoms with E-state index >= 15 is 0 Å². The molecule has 1 N–H and O–H groups in total. The number of nitrogens with one attached hydrogen (secondary N) is 1. The first kappa shape index (κ1) is 18.1. The van der Waals surface area contributed by atoms with Crippen molar-refractivity contribution in [1.29, 1.82) is 0 Å². The Bertz CT molecular complexity index is 878. The highest BCUT2D eigenvalue weighted by atomic mass is 16.5. The Morgan fingerprint density at radius 3 is 1.82 bits per heavy atom. The van der Waals surface area contributed by atoms with Gasteiger partial charge < -0.3 is 14.8 Å². The van der Waals surface area contributed by atoms with E-state index in [0.29, 0.717) is 19.3 Å². The molecule has 1 aliphatic rings. The Morgan fingerprint density at radius 1 is 0.821 bits per heavy atom. The van der Waals surface area contributed by atoms with Gasteiger partial charge in [0.2, 0.25) is 0 Å². The van der Waals surface area contributed by atoms with E-state index in [1.165, 1.54) is 0 Å². The Hall–Kier alpha value is -3.27. The highest BCUT2D eigenvalue weighted by Crippen LogP contribution is 2.26. The standard InChI is InChI=1S/C24H24N2O2/c1-18-15-25-24(26-18)21-12-22(27-16-19-8-4-2-5-9-19)14-23(13-21)28-17-20-10-6-3-7-11-20/h2-14,18H,15-17H2,1H3,(H,25,26). The van der Waals surface area contributed by atoms with E-state index in [0.717, 1.165) is 40.6 Å². The predicted molar refractivity (Wildman–Crippen MR) is 112 cm³/mol. The van der Waals surface area contributed by atoms with Crippen LogP contribution in [0.25, 0.3) is 0 Å². The van der Waals surface area contributed by atoms with Crippen molar-refractivity contribution in [2.75, 3.05) is 6.54 Å². The van der Waals surface area contributed by atoms with Crippen LogP contribution in [0, 0.1) is 0 Å². The average molecular weight is 372 g/mol. The van der Waals surface area contributed by atoms with E-state index < -0.39 is 0 Å². The van der Waals surface area contributed by atoms with Crippen molar-refractivity contribution in [3.63, 3.8) is 0 Å². The first-order valence-electron chi connectivity index (χ1n) is 9.56. The van der Waals surface area contributed by atoms with Gasteiger partial charge in [0.1, 0.15) is 30.5 Å². The van der Waals surface area contributed by atoms with Gasteiger partial charge in [-0.3, -0.25) is 4.99 Å². The molecule has 4 nitrogen and oxygen atoms in total. The van der Waals surface area contributed by atoms with Gasteiger partial charge in [0.25, 0.3) is 0 Å². The molecule has 142 valence electrons. The second-order valence-corrected chi connectivity index (χ2v) is 6.98. The van der Waals surface area contributed by atoms with Crippen molar-refractivity contribution in [2.45, 2.75) is 26.2 Å². The molecule has 0 amide bonds. The van der Waals surface area contributed by atoms with Gasteiger partial charge in [0.15, 0.2) is 0 Å². The van der Waals surface area contributed by atoms with E-state index in [2.05, 4.69) is 41.5 Å². The van der Waals surface area contributed by atoms with Gasteiger partial charge in [-0.15, -0.1) is 0 Å². The monoisotopic (exact) mass is 372 g/mol. The molecule has 0 bridgehead atoms. The number of ether oxygens (including phenoxy) is 2. The Balaban J connectivity index is 1.53. The molecule has 0 fully saturated rings. The van der Waals surface area contributed by atoms with Crippen molar-refractivity contribution in [3.8, 4) is 11.5 Å². The normalized spacial score (nSPS) is 15.6. The first-order chi connectivity index (χ1) is 13.8. The lowest BCUT2D eigenvalue weighted by molar-refractivity contribution is 0.290. The molecule has 0 saturated heterocycles. The SMILES string of the molecule is CC1CN=C(c2cc(OCc3ccccc3)cc(OCc3ccccc3)c2)N1. The third-order valence-corrected chi connectivity index (χ3v) is 4.56. The molecule has 1 unspecified atom stereocenters. The van der Waals surface area contributed by atoms with E-state index in [4.69, 9.17) is 9.47 Å². The van der Waals surface area contributed by atoms with Crippen LogP contribution in [0.4, 0.5) is 0 Å². The lowest BCUT2D eigenvalue weighted by Crippen LogP contribution is -2.27. The molecule has 4 heteroatoms. The predicted octanol–water partition coefficient (Wildman–Crippen LogP) is 4.58. The Morgan fingerprint density at radius 2 is 1.36 bits per heavy atom. The van der Waals surface area contributed by atoms with Crippen LogP contribution in [-0.2, 0) is 13.2 Å². The zero-order chi connectivity index (χ0) is 19.2. The molecule has 4 rings (SSSR count). The van der Waals surface area contributed by atoms with Crippen molar-refractivity contribution < 1.29 is 9.47 Å². The maximum Gasteiger partial charge on any atom is 0.128 e. The molecule has 0 spiro atoms. The van der Waals surface area contributed by atoms with E-state index in [1.54, 1.807) is 0 Å². The minimum atomic E-state index is 0.345. The van der Waals surface area contributed by atoms with Gasteiger partial charge in [-0.2, -0.15) is 0 Å². The molecule has 28 heavy (non-hydrogen) atoms. The van der Waals surface area contributed by atoms with Crippen LogP contribution in [-0.4, -0.2) is 18.4 Å². The lowest BCUT2D eigenvalue weighted by atomic mass is 10.1. The number of benzene rings is 3. The van der Waals surface area contributed by atoms with Crippen LogP contribution in [0.1, 0.15) is 23.6 Å². The summed E-state index contributed by atoms with van der Waals surface area (Å²) < 4.78 is 12.1. The minimum absolute atomic E-state index is 0.345. The fourth-order valence-electron chi connectivity index (χ4n) is 3.08. The number of amidine groups is 1. The summed E-state index contributed by atoms with van der Waals surface area (Å²) in [6.07, 6.45) is 0. The minimum Gasteiger partial charge on any atom is -0.489 e. The van der Waals surface area contributed by atoms with Crippen molar-refractivity contribution >= 4 is 5.84 Å². The lowest BCUT2D eigenvalue weighted by Gasteiger charge is -2.14. The van der Waals surface area contributed by atoms with Crippen molar-refractivity contribution in [3.05, 3.63) is 95.6 Å². The summed E-state index contributed by atoms with van der Waals surface area (Å²) in [7, 11) is 0. The molecular weight excluding hydrogens is 348 g/mol. The van der Waals surface area contributed by atoms with Crippen LogP contribution in [0.2, 0.25) is 0 Å². The summed E-state index contributed by atoms with van der Waals surface area (Å²) in [6.45, 7) is 3.93. The second kappa shape index (κ2) is 8.61. The quantitative estimate of drug-likeness (QED) is 0.660. The first-order valence-corrected chi connectivity index (χ1v) is 9.56. The molecule has 1 atom stereocenters.